The van der Waals surface area contributed by atoms with E-state index >= 15 is 0 Å². The molecule has 4 heterocycles. The van der Waals surface area contributed by atoms with Crippen LogP contribution in [0.3, 0.4) is 0 Å². The van der Waals surface area contributed by atoms with E-state index in [1.165, 1.54) is 12.1 Å². The minimum atomic E-state index is -4.60. The summed E-state index contributed by atoms with van der Waals surface area (Å²) in [4.78, 5) is 22.9. The third-order valence-corrected chi connectivity index (χ3v) is 5.59. The van der Waals surface area contributed by atoms with Crippen LogP contribution in [-0.2, 0) is 6.18 Å². The topological polar surface area (TPSA) is 86.8 Å². The predicted octanol–water partition coefficient (Wildman–Crippen LogP) is 4.89. The van der Waals surface area contributed by atoms with Gasteiger partial charge in [-0.2, -0.15) is 18.3 Å². The minimum absolute atomic E-state index is 0.0646. The zero-order chi connectivity index (χ0) is 23.0. The van der Waals surface area contributed by atoms with E-state index in [9.17, 15) is 18.0 Å². The monoisotopic (exact) mass is 452 g/mol. The van der Waals surface area contributed by atoms with Crippen molar-refractivity contribution in [2.45, 2.75) is 19.0 Å². The number of aromatic nitrogens is 4. The van der Waals surface area contributed by atoms with Gasteiger partial charge in [-0.05, 0) is 48.7 Å². The Bertz CT molecular complexity index is 1330. The molecule has 1 fully saturated rings. The van der Waals surface area contributed by atoms with Crippen LogP contribution in [0.4, 0.5) is 24.7 Å². The van der Waals surface area contributed by atoms with Crippen molar-refractivity contribution in [3.05, 3.63) is 66.2 Å². The second-order valence-electron chi connectivity index (χ2n) is 7.82. The Morgan fingerprint density at radius 1 is 1.03 bits per heavy atom. The lowest BCUT2D eigenvalue weighted by Crippen LogP contribution is -2.17. The molecule has 2 N–H and O–H groups in total. The number of anilines is 2. The standard InChI is InChI=1S/C23H19F3N6O/c24-23(25,26)19-4-3-5-20(28-19)29-22(33)21-17-11-14(6-7-18(17)30-31-21)15-10-16(13-27-12-15)32-8-1-2-9-32/h3-7,10-13H,1-2,8-9H2,(H,30,31)(H,28,29,33). The summed E-state index contributed by atoms with van der Waals surface area (Å²) in [6.45, 7) is 2.00. The lowest BCUT2D eigenvalue weighted by atomic mass is 10.0. The normalized spacial score (nSPS) is 14.1. The molecule has 0 bridgehead atoms. The molecule has 1 saturated heterocycles. The molecule has 0 radical (unpaired) electrons. The molecule has 0 saturated carbocycles. The summed E-state index contributed by atoms with van der Waals surface area (Å²) in [5.41, 5.74) is 2.40. The number of benzene rings is 1. The maximum absolute atomic E-state index is 12.9. The van der Waals surface area contributed by atoms with Crippen molar-refractivity contribution < 1.29 is 18.0 Å². The van der Waals surface area contributed by atoms with Gasteiger partial charge >= 0.3 is 6.18 Å². The molecule has 168 valence electrons. The second-order valence-corrected chi connectivity index (χ2v) is 7.82. The van der Waals surface area contributed by atoms with Crippen LogP contribution in [0, 0.1) is 0 Å². The van der Waals surface area contributed by atoms with Crippen LogP contribution in [0.1, 0.15) is 29.0 Å². The third kappa shape index (κ3) is 4.23. The number of nitrogens with zero attached hydrogens (tertiary/aromatic N) is 4. The van der Waals surface area contributed by atoms with Crippen LogP contribution in [0.25, 0.3) is 22.0 Å². The first-order chi connectivity index (χ1) is 15.9. The van der Waals surface area contributed by atoms with Crippen molar-refractivity contribution in [2.75, 3.05) is 23.3 Å². The molecular formula is C23H19F3N6O. The highest BCUT2D eigenvalue weighted by atomic mass is 19.4. The highest BCUT2D eigenvalue weighted by molar-refractivity contribution is 6.11. The van der Waals surface area contributed by atoms with Gasteiger partial charge in [0.2, 0.25) is 0 Å². The van der Waals surface area contributed by atoms with E-state index < -0.39 is 17.8 Å². The number of amides is 1. The van der Waals surface area contributed by atoms with E-state index in [0.717, 1.165) is 48.8 Å². The van der Waals surface area contributed by atoms with Crippen LogP contribution in [-0.4, -0.2) is 39.2 Å². The summed E-state index contributed by atoms with van der Waals surface area (Å²) in [6, 6.07) is 10.9. The molecule has 4 aromatic rings. The Kier molecular flexibility index (Phi) is 5.20. The molecule has 1 aliphatic rings. The second kappa shape index (κ2) is 8.19. The predicted molar refractivity (Wildman–Crippen MR) is 118 cm³/mol. The van der Waals surface area contributed by atoms with Gasteiger partial charge in [0.1, 0.15) is 11.5 Å². The number of fused-ring (bicyclic) bond motifs is 1. The Hall–Kier alpha value is -3.95. The molecular weight excluding hydrogens is 433 g/mol. The lowest BCUT2D eigenvalue weighted by Gasteiger charge is -2.17. The van der Waals surface area contributed by atoms with Gasteiger partial charge < -0.3 is 10.2 Å². The Labute approximate surface area is 186 Å². The summed E-state index contributed by atoms with van der Waals surface area (Å²) in [5, 5.41) is 9.81. The molecule has 1 amide bonds. The molecule has 5 rings (SSSR count). The van der Waals surface area contributed by atoms with Crippen molar-refractivity contribution >= 4 is 28.3 Å². The molecule has 1 aromatic carbocycles. The number of aromatic amines is 1. The number of carbonyl (C=O) groups excluding carboxylic acids is 1. The van der Waals surface area contributed by atoms with E-state index in [0.29, 0.717) is 10.9 Å². The molecule has 10 heteroatoms. The van der Waals surface area contributed by atoms with Crippen LogP contribution >= 0.6 is 0 Å². The van der Waals surface area contributed by atoms with Gasteiger partial charge in [0, 0.05) is 30.2 Å². The fourth-order valence-corrected chi connectivity index (χ4v) is 3.94. The van der Waals surface area contributed by atoms with Crippen molar-refractivity contribution in [3.63, 3.8) is 0 Å². The zero-order valence-corrected chi connectivity index (χ0v) is 17.4. The Morgan fingerprint density at radius 2 is 1.85 bits per heavy atom. The molecule has 0 spiro atoms. The Balaban J connectivity index is 1.44. The van der Waals surface area contributed by atoms with E-state index in [2.05, 4.69) is 36.4 Å². The van der Waals surface area contributed by atoms with Gasteiger partial charge in [0.05, 0.1) is 17.4 Å². The van der Waals surface area contributed by atoms with Crippen molar-refractivity contribution in [3.8, 4) is 11.1 Å². The van der Waals surface area contributed by atoms with Gasteiger partial charge in [-0.3, -0.25) is 14.9 Å². The highest BCUT2D eigenvalue weighted by Crippen LogP contribution is 2.30. The van der Waals surface area contributed by atoms with Gasteiger partial charge in [0.25, 0.3) is 5.91 Å². The minimum Gasteiger partial charge on any atom is -0.370 e. The maximum Gasteiger partial charge on any atom is 0.433 e. The number of halogens is 3. The molecule has 0 aliphatic carbocycles. The third-order valence-electron chi connectivity index (χ3n) is 5.59. The average molecular weight is 452 g/mol. The van der Waals surface area contributed by atoms with Crippen molar-refractivity contribution in [1.82, 2.24) is 20.2 Å². The number of alkyl halides is 3. The molecule has 33 heavy (non-hydrogen) atoms. The fraction of sp³-hybridized carbons (Fsp3) is 0.217. The maximum atomic E-state index is 12.9. The molecule has 7 nitrogen and oxygen atoms in total. The summed E-state index contributed by atoms with van der Waals surface area (Å²) < 4.78 is 38.8. The quantitative estimate of drug-likeness (QED) is 0.460. The van der Waals surface area contributed by atoms with Crippen molar-refractivity contribution in [2.24, 2.45) is 0 Å². The fourth-order valence-electron chi connectivity index (χ4n) is 3.94. The highest BCUT2D eigenvalue weighted by Gasteiger charge is 2.32. The number of carbonyl (C=O) groups is 1. The number of nitrogens with one attached hydrogen (secondary N) is 2. The van der Waals surface area contributed by atoms with Gasteiger partial charge in [-0.1, -0.05) is 12.1 Å². The van der Waals surface area contributed by atoms with Crippen LogP contribution < -0.4 is 10.2 Å². The molecule has 1 aliphatic heterocycles. The largest absolute Gasteiger partial charge is 0.433 e. The van der Waals surface area contributed by atoms with Gasteiger partial charge in [0.15, 0.2) is 5.69 Å². The number of hydrogen-bond donors (Lipinski definition) is 2. The van der Waals surface area contributed by atoms with Crippen LogP contribution in [0.15, 0.2) is 54.9 Å². The van der Waals surface area contributed by atoms with Crippen LogP contribution in [0.2, 0.25) is 0 Å². The molecule has 3 aromatic heterocycles. The average Bonchev–Trinajstić information content (AvgIpc) is 3.49. The van der Waals surface area contributed by atoms with Gasteiger partial charge in [-0.25, -0.2) is 4.98 Å². The SMILES string of the molecule is O=C(Nc1cccc(C(F)(F)F)n1)c1n[nH]c2ccc(-c3cncc(N4CCCC4)c3)cc12. The first-order valence-electron chi connectivity index (χ1n) is 10.4. The first-order valence-corrected chi connectivity index (χ1v) is 10.4. The number of hydrogen-bond acceptors (Lipinski definition) is 5. The van der Waals surface area contributed by atoms with E-state index in [-0.39, 0.29) is 11.5 Å². The summed E-state index contributed by atoms with van der Waals surface area (Å²) in [5.74, 6) is -0.862. The first kappa shape index (κ1) is 20.9. The summed E-state index contributed by atoms with van der Waals surface area (Å²) in [6.07, 6.45) is 1.31. The number of rotatable bonds is 4. The van der Waals surface area contributed by atoms with E-state index in [1.807, 2.05) is 18.3 Å². The summed E-state index contributed by atoms with van der Waals surface area (Å²) >= 11 is 0. The smallest absolute Gasteiger partial charge is 0.370 e. The Morgan fingerprint density at radius 3 is 2.64 bits per heavy atom. The van der Waals surface area contributed by atoms with E-state index in [4.69, 9.17) is 0 Å². The van der Waals surface area contributed by atoms with Crippen molar-refractivity contribution in [1.29, 1.82) is 0 Å². The number of H-pyrrole nitrogens is 1. The van der Waals surface area contributed by atoms with Gasteiger partial charge in [-0.15, -0.1) is 0 Å². The lowest BCUT2D eigenvalue weighted by molar-refractivity contribution is -0.141. The zero-order valence-electron chi connectivity index (χ0n) is 17.4. The number of pyridine rings is 2. The molecule has 0 atom stereocenters. The van der Waals surface area contributed by atoms with E-state index in [1.54, 1.807) is 12.3 Å². The van der Waals surface area contributed by atoms with Crippen LogP contribution in [0.5, 0.6) is 0 Å². The summed E-state index contributed by atoms with van der Waals surface area (Å²) in [7, 11) is 0. The molecule has 0 unspecified atom stereocenters.